The summed E-state index contributed by atoms with van der Waals surface area (Å²) in [5, 5.41) is 0. The molecule has 2 nitrogen and oxygen atoms in total. The van der Waals surface area contributed by atoms with Gasteiger partial charge in [0, 0.05) is 12.3 Å². The first kappa shape index (κ1) is 6.33. The molecular weight excluding hydrogens is 114 g/mol. The average Bonchev–Trinajstić information content (AvgIpc) is 2.18. The van der Waals surface area contributed by atoms with E-state index in [1.165, 1.54) is 6.20 Å². The molecule has 2 heteroatoms. The van der Waals surface area contributed by atoms with Gasteiger partial charge in [-0.3, -0.25) is 4.79 Å². The van der Waals surface area contributed by atoms with E-state index < -0.39 is 0 Å². The highest BCUT2D eigenvalue weighted by atomic mass is 16.1. The van der Waals surface area contributed by atoms with Crippen LogP contribution in [0.15, 0.2) is 12.3 Å². The lowest BCUT2D eigenvalue weighted by Gasteiger charge is -1.95. The predicted molar refractivity (Wildman–Crippen MR) is 35.7 cm³/mol. The smallest absolute Gasteiger partial charge is 0.139 e. The summed E-state index contributed by atoms with van der Waals surface area (Å²) in [5.41, 5.74) is 5.14. The molecule has 1 aliphatic carbocycles. The molecule has 0 aliphatic heterocycles. The van der Waals surface area contributed by atoms with E-state index in [4.69, 9.17) is 5.73 Å². The Hall–Kier alpha value is -0.790. The number of allylic oxidation sites excluding steroid dienone is 1. The molecule has 1 unspecified atom stereocenters. The monoisotopic (exact) mass is 125 g/mol. The van der Waals surface area contributed by atoms with Gasteiger partial charge in [-0.15, -0.1) is 0 Å². The lowest BCUT2D eigenvalue weighted by Crippen LogP contribution is -2.02. The minimum atomic E-state index is 0.134. The lowest BCUT2D eigenvalue weighted by molar-refractivity contribution is -0.119. The molecular formula is C7H11NO. The van der Waals surface area contributed by atoms with E-state index in [9.17, 15) is 4.79 Å². The van der Waals surface area contributed by atoms with E-state index in [2.05, 4.69) is 0 Å². The van der Waals surface area contributed by atoms with Crippen LogP contribution in [-0.2, 0) is 4.79 Å². The maximum absolute atomic E-state index is 10.9. The fraction of sp³-hybridized carbons (Fsp3) is 0.571. The Morgan fingerprint density at radius 2 is 2.44 bits per heavy atom. The largest absolute Gasteiger partial charge is 0.405 e. The summed E-state index contributed by atoms with van der Waals surface area (Å²) in [5.74, 6) is 0.478. The molecule has 0 amide bonds. The van der Waals surface area contributed by atoms with E-state index >= 15 is 0 Å². The third-order valence-electron chi connectivity index (χ3n) is 1.70. The van der Waals surface area contributed by atoms with Crippen LogP contribution in [0.25, 0.3) is 0 Å². The van der Waals surface area contributed by atoms with Gasteiger partial charge in [0.25, 0.3) is 0 Å². The highest BCUT2D eigenvalue weighted by molar-refractivity contribution is 5.84. The zero-order valence-electron chi connectivity index (χ0n) is 5.34. The normalized spacial score (nSPS) is 28.0. The van der Waals surface area contributed by atoms with Gasteiger partial charge in [-0.05, 0) is 19.0 Å². The van der Waals surface area contributed by atoms with Crippen molar-refractivity contribution in [2.75, 3.05) is 0 Å². The molecule has 0 saturated heterocycles. The van der Waals surface area contributed by atoms with Gasteiger partial charge in [-0.1, -0.05) is 6.08 Å². The number of hydrogen-bond donors (Lipinski definition) is 1. The summed E-state index contributed by atoms with van der Waals surface area (Å²) >= 11 is 0. The van der Waals surface area contributed by atoms with Crippen molar-refractivity contribution in [1.82, 2.24) is 0 Å². The Morgan fingerprint density at radius 1 is 1.67 bits per heavy atom. The molecule has 0 aromatic rings. The van der Waals surface area contributed by atoms with Crippen LogP contribution >= 0.6 is 0 Å². The van der Waals surface area contributed by atoms with Crippen molar-refractivity contribution in [3.63, 3.8) is 0 Å². The van der Waals surface area contributed by atoms with Gasteiger partial charge in [0.2, 0.25) is 0 Å². The van der Waals surface area contributed by atoms with Gasteiger partial charge in [-0.2, -0.15) is 0 Å². The zero-order chi connectivity index (χ0) is 6.69. The first-order valence-corrected chi connectivity index (χ1v) is 3.25. The van der Waals surface area contributed by atoms with Crippen LogP contribution in [0.5, 0.6) is 0 Å². The predicted octanol–water partition coefficient (Wildman–Crippen LogP) is 0.828. The molecule has 9 heavy (non-hydrogen) atoms. The van der Waals surface area contributed by atoms with Crippen LogP contribution in [0.4, 0.5) is 0 Å². The van der Waals surface area contributed by atoms with Gasteiger partial charge in [-0.25, -0.2) is 0 Å². The Balaban J connectivity index is 2.49. The highest BCUT2D eigenvalue weighted by Crippen LogP contribution is 2.21. The van der Waals surface area contributed by atoms with E-state index in [0.717, 1.165) is 19.3 Å². The summed E-state index contributed by atoms with van der Waals surface area (Å²) in [6, 6.07) is 0. The molecule has 0 aromatic carbocycles. The second kappa shape index (κ2) is 2.67. The van der Waals surface area contributed by atoms with Crippen molar-refractivity contribution in [1.29, 1.82) is 0 Å². The number of carbonyl (C=O) groups is 1. The topological polar surface area (TPSA) is 43.1 Å². The third kappa shape index (κ3) is 1.31. The molecule has 0 heterocycles. The molecule has 2 N–H and O–H groups in total. The Bertz CT molecular complexity index is 140. The van der Waals surface area contributed by atoms with Crippen molar-refractivity contribution in [3.05, 3.63) is 12.3 Å². The lowest BCUT2D eigenvalue weighted by atomic mass is 10.1. The van der Waals surface area contributed by atoms with Gasteiger partial charge in [0.05, 0.1) is 0 Å². The molecule has 1 atom stereocenters. The van der Waals surface area contributed by atoms with E-state index in [1.807, 2.05) is 0 Å². The molecule has 1 rings (SSSR count). The maximum atomic E-state index is 10.9. The number of carbonyl (C=O) groups excluding carboxylic acids is 1. The van der Waals surface area contributed by atoms with E-state index in [0.29, 0.717) is 5.78 Å². The summed E-state index contributed by atoms with van der Waals surface area (Å²) in [7, 11) is 0. The van der Waals surface area contributed by atoms with Crippen molar-refractivity contribution >= 4 is 5.78 Å². The average molecular weight is 125 g/mol. The van der Waals surface area contributed by atoms with Crippen molar-refractivity contribution in [2.45, 2.75) is 19.3 Å². The van der Waals surface area contributed by atoms with Crippen molar-refractivity contribution < 1.29 is 4.79 Å². The standard InChI is InChI=1S/C7H11NO/c8-5-4-6-2-1-3-7(6)9/h4-6H,1-3,8H2. The summed E-state index contributed by atoms with van der Waals surface area (Å²) in [6.45, 7) is 0. The van der Waals surface area contributed by atoms with E-state index in [1.54, 1.807) is 6.08 Å². The molecule has 1 fully saturated rings. The minimum Gasteiger partial charge on any atom is -0.405 e. The number of rotatable bonds is 1. The fourth-order valence-corrected chi connectivity index (χ4v) is 1.18. The fourth-order valence-electron chi connectivity index (χ4n) is 1.18. The molecule has 0 spiro atoms. The van der Waals surface area contributed by atoms with Gasteiger partial charge < -0.3 is 5.73 Å². The van der Waals surface area contributed by atoms with Gasteiger partial charge >= 0.3 is 0 Å². The highest BCUT2D eigenvalue weighted by Gasteiger charge is 2.20. The number of nitrogens with two attached hydrogens (primary N) is 1. The molecule has 50 valence electrons. The first-order valence-electron chi connectivity index (χ1n) is 3.25. The second-order valence-corrected chi connectivity index (χ2v) is 2.35. The van der Waals surface area contributed by atoms with E-state index in [-0.39, 0.29) is 5.92 Å². The number of hydrogen-bond acceptors (Lipinski definition) is 2. The molecule has 0 radical (unpaired) electrons. The Morgan fingerprint density at radius 3 is 2.89 bits per heavy atom. The summed E-state index contributed by atoms with van der Waals surface area (Å²) in [4.78, 5) is 10.9. The number of Topliss-reactive ketones (excluding diaryl/α,β-unsaturated/α-hetero) is 1. The van der Waals surface area contributed by atoms with Crippen LogP contribution in [-0.4, -0.2) is 5.78 Å². The first-order chi connectivity index (χ1) is 4.34. The van der Waals surface area contributed by atoms with Crippen LogP contribution in [0.2, 0.25) is 0 Å². The van der Waals surface area contributed by atoms with Crippen LogP contribution in [0.3, 0.4) is 0 Å². The summed E-state index contributed by atoms with van der Waals surface area (Å²) in [6.07, 6.45) is 6.03. The maximum Gasteiger partial charge on any atom is 0.139 e. The second-order valence-electron chi connectivity index (χ2n) is 2.35. The van der Waals surface area contributed by atoms with Gasteiger partial charge in [0.1, 0.15) is 5.78 Å². The third-order valence-corrected chi connectivity index (χ3v) is 1.70. The Labute approximate surface area is 54.7 Å². The molecule has 0 bridgehead atoms. The van der Waals surface area contributed by atoms with Crippen molar-refractivity contribution in [2.24, 2.45) is 11.7 Å². The Kier molecular flexibility index (Phi) is 1.88. The molecule has 1 aliphatic rings. The molecule has 1 saturated carbocycles. The van der Waals surface area contributed by atoms with Crippen LogP contribution in [0, 0.1) is 5.92 Å². The zero-order valence-corrected chi connectivity index (χ0v) is 5.34. The number of ketones is 1. The molecule has 0 aromatic heterocycles. The quantitative estimate of drug-likeness (QED) is 0.564. The van der Waals surface area contributed by atoms with Gasteiger partial charge in [0.15, 0.2) is 0 Å². The SMILES string of the molecule is NC=CC1CCCC1=O. The van der Waals surface area contributed by atoms with Crippen molar-refractivity contribution in [3.8, 4) is 0 Å². The summed E-state index contributed by atoms with van der Waals surface area (Å²) < 4.78 is 0. The minimum absolute atomic E-state index is 0.134. The van der Waals surface area contributed by atoms with Crippen LogP contribution < -0.4 is 5.73 Å². The van der Waals surface area contributed by atoms with Crippen LogP contribution in [0.1, 0.15) is 19.3 Å².